The van der Waals surface area contributed by atoms with Gasteiger partial charge in [-0.05, 0) is 49.8 Å². The second-order valence-electron chi connectivity index (χ2n) is 6.73. The summed E-state index contributed by atoms with van der Waals surface area (Å²) in [7, 11) is 0. The number of fused-ring (bicyclic) bond motifs is 3. The first-order valence-corrected chi connectivity index (χ1v) is 8.78. The number of carboxylic acid groups (broad SMARTS) is 1. The first-order valence-electron chi connectivity index (χ1n) is 8.78. The van der Waals surface area contributed by atoms with Crippen LogP contribution in [0.15, 0.2) is 27.4 Å². The van der Waals surface area contributed by atoms with Crippen LogP contribution in [-0.4, -0.2) is 41.1 Å². The van der Waals surface area contributed by atoms with Gasteiger partial charge in [-0.1, -0.05) is 0 Å². The van der Waals surface area contributed by atoms with Gasteiger partial charge in [0.25, 0.3) is 5.91 Å². The van der Waals surface area contributed by atoms with Crippen molar-refractivity contribution in [1.82, 2.24) is 4.90 Å². The van der Waals surface area contributed by atoms with Gasteiger partial charge in [0.05, 0.1) is 0 Å². The number of aliphatic carboxylic acids is 1. The lowest BCUT2D eigenvalue weighted by Crippen LogP contribution is -2.42. The average Bonchev–Trinajstić information content (AvgIpc) is 3.29. The van der Waals surface area contributed by atoms with Crippen LogP contribution < -0.4 is 10.4 Å². The van der Waals surface area contributed by atoms with Crippen LogP contribution >= 0.6 is 0 Å². The summed E-state index contributed by atoms with van der Waals surface area (Å²) < 4.78 is 10.9. The van der Waals surface area contributed by atoms with Gasteiger partial charge in [0.1, 0.15) is 17.4 Å². The molecule has 0 saturated carbocycles. The Kier molecular flexibility index (Phi) is 4.14. The second kappa shape index (κ2) is 6.48. The molecule has 1 fully saturated rings. The standard InChI is InChI=1S/C19H19NO6/c21-17(20-8-2-5-15(20)18(22)23)10-25-11-6-7-13-12-3-1-4-14(12)19(24)26-16(13)9-11/h6-7,9,15H,1-5,8,10H2,(H,22,23)/t15-/m0/s1. The Balaban J connectivity index is 1.51. The Morgan fingerprint density at radius 2 is 2.04 bits per heavy atom. The Morgan fingerprint density at radius 1 is 1.23 bits per heavy atom. The molecular formula is C19H19NO6. The lowest BCUT2D eigenvalue weighted by Gasteiger charge is -2.21. The van der Waals surface area contributed by atoms with Gasteiger partial charge in [0.2, 0.25) is 0 Å². The lowest BCUT2D eigenvalue weighted by atomic mass is 10.1. The van der Waals surface area contributed by atoms with E-state index in [-0.39, 0.29) is 18.1 Å². The maximum absolute atomic E-state index is 12.3. The van der Waals surface area contributed by atoms with E-state index in [0.29, 0.717) is 30.7 Å². The van der Waals surface area contributed by atoms with Crippen molar-refractivity contribution in [2.24, 2.45) is 0 Å². The highest BCUT2D eigenvalue weighted by Crippen LogP contribution is 2.29. The molecule has 2 aliphatic rings. The van der Waals surface area contributed by atoms with E-state index in [0.717, 1.165) is 35.8 Å². The molecule has 1 aliphatic heterocycles. The van der Waals surface area contributed by atoms with Gasteiger partial charge in [0.15, 0.2) is 6.61 Å². The van der Waals surface area contributed by atoms with Crippen molar-refractivity contribution in [2.75, 3.05) is 13.2 Å². The maximum atomic E-state index is 12.3. The van der Waals surface area contributed by atoms with E-state index < -0.39 is 12.0 Å². The molecule has 0 radical (unpaired) electrons. The molecule has 26 heavy (non-hydrogen) atoms. The van der Waals surface area contributed by atoms with Gasteiger partial charge in [-0.25, -0.2) is 9.59 Å². The predicted molar refractivity (Wildman–Crippen MR) is 92.4 cm³/mol. The first kappa shape index (κ1) is 16.6. The normalized spacial score (nSPS) is 18.9. The largest absolute Gasteiger partial charge is 0.484 e. The molecule has 0 unspecified atom stereocenters. The molecule has 2 heterocycles. The monoisotopic (exact) mass is 357 g/mol. The van der Waals surface area contributed by atoms with Crippen molar-refractivity contribution in [2.45, 2.75) is 38.1 Å². The molecule has 1 amide bonds. The number of ether oxygens (including phenoxy) is 1. The molecule has 1 N–H and O–H groups in total. The van der Waals surface area contributed by atoms with Crippen LogP contribution in [0.4, 0.5) is 0 Å². The van der Waals surface area contributed by atoms with Gasteiger partial charge in [-0.3, -0.25) is 4.79 Å². The van der Waals surface area contributed by atoms with Crippen molar-refractivity contribution in [3.05, 3.63) is 39.7 Å². The minimum Gasteiger partial charge on any atom is -0.484 e. The van der Waals surface area contributed by atoms with E-state index in [2.05, 4.69) is 0 Å². The fourth-order valence-electron chi connectivity index (χ4n) is 3.90. The summed E-state index contributed by atoms with van der Waals surface area (Å²) in [4.78, 5) is 36.9. The lowest BCUT2D eigenvalue weighted by molar-refractivity contribution is -0.148. The number of hydrogen-bond acceptors (Lipinski definition) is 5. The molecule has 1 saturated heterocycles. The number of carbonyl (C=O) groups excluding carboxylic acids is 1. The summed E-state index contributed by atoms with van der Waals surface area (Å²) in [6.45, 7) is 0.183. The van der Waals surface area contributed by atoms with Gasteiger partial charge in [-0.2, -0.15) is 0 Å². The van der Waals surface area contributed by atoms with Crippen LogP contribution in [0.3, 0.4) is 0 Å². The van der Waals surface area contributed by atoms with E-state index in [9.17, 15) is 14.4 Å². The third kappa shape index (κ3) is 2.83. The molecule has 4 rings (SSSR count). The van der Waals surface area contributed by atoms with Gasteiger partial charge < -0.3 is 19.2 Å². The Morgan fingerprint density at radius 3 is 2.85 bits per heavy atom. The number of aryl methyl sites for hydroxylation is 1. The van der Waals surface area contributed by atoms with Crippen molar-refractivity contribution in [1.29, 1.82) is 0 Å². The molecule has 136 valence electrons. The summed E-state index contributed by atoms with van der Waals surface area (Å²) in [6, 6.07) is 4.43. The summed E-state index contributed by atoms with van der Waals surface area (Å²) >= 11 is 0. The summed E-state index contributed by atoms with van der Waals surface area (Å²) in [5.41, 5.74) is 1.94. The Hall–Kier alpha value is -2.83. The summed E-state index contributed by atoms with van der Waals surface area (Å²) in [5.74, 6) is -0.930. The second-order valence-corrected chi connectivity index (χ2v) is 6.73. The number of benzene rings is 1. The fraction of sp³-hybridized carbons (Fsp3) is 0.421. The minimum atomic E-state index is -0.989. The van der Waals surface area contributed by atoms with Gasteiger partial charge in [0, 0.05) is 23.6 Å². The predicted octanol–water partition coefficient (Wildman–Crippen LogP) is 1.74. The smallest absolute Gasteiger partial charge is 0.339 e. The third-order valence-corrected chi connectivity index (χ3v) is 5.17. The van der Waals surface area contributed by atoms with Crippen LogP contribution in [0, 0.1) is 0 Å². The number of likely N-dealkylation sites (tertiary alicyclic amines) is 1. The van der Waals surface area contributed by atoms with Crippen molar-refractivity contribution in [3.8, 4) is 5.75 Å². The fourth-order valence-corrected chi connectivity index (χ4v) is 3.90. The average molecular weight is 357 g/mol. The molecule has 7 heteroatoms. The number of amides is 1. The van der Waals surface area contributed by atoms with E-state index >= 15 is 0 Å². The Bertz CT molecular complexity index is 947. The summed E-state index contributed by atoms with van der Waals surface area (Å²) in [6.07, 6.45) is 3.71. The summed E-state index contributed by atoms with van der Waals surface area (Å²) in [5, 5.41) is 10.1. The first-order chi connectivity index (χ1) is 12.5. The zero-order valence-electron chi connectivity index (χ0n) is 14.2. The van der Waals surface area contributed by atoms with Crippen LogP contribution in [0.2, 0.25) is 0 Å². The quantitative estimate of drug-likeness (QED) is 0.837. The topological polar surface area (TPSA) is 97.0 Å². The van der Waals surface area contributed by atoms with E-state index in [1.54, 1.807) is 12.1 Å². The molecular weight excluding hydrogens is 338 g/mol. The van der Waals surface area contributed by atoms with Gasteiger partial charge in [-0.15, -0.1) is 0 Å². The van der Waals surface area contributed by atoms with Crippen molar-refractivity contribution >= 4 is 22.8 Å². The highest BCUT2D eigenvalue weighted by Gasteiger charge is 2.34. The third-order valence-electron chi connectivity index (χ3n) is 5.17. The van der Waals surface area contributed by atoms with E-state index in [4.69, 9.17) is 14.3 Å². The van der Waals surface area contributed by atoms with Crippen LogP contribution in [0.25, 0.3) is 11.0 Å². The highest BCUT2D eigenvalue weighted by molar-refractivity contribution is 5.86. The molecule has 0 spiro atoms. The number of nitrogens with zero attached hydrogens (tertiary/aromatic N) is 1. The highest BCUT2D eigenvalue weighted by atomic mass is 16.5. The van der Waals surface area contributed by atoms with Crippen molar-refractivity contribution in [3.63, 3.8) is 0 Å². The molecule has 1 atom stereocenters. The minimum absolute atomic E-state index is 0.246. The number of carboxylic acids is 1. The van der Waals surface area contributed by atoms with Crippen LogP contribution in [0.5, 0.6) is 5.75 Å². The van der Waals surface area contributed by atoms with Crippen LogP contribution in [0.1, 0.15) is 30.4 Å². The zero-order valence-corrected chi connectivity index (χ0v) is 14.2. The number of rotatable bonds is 4. The molecule has 0 bridgehead atoms. The number of carbonyl (C=O) groups is 2. The Labute approximate surface area is 149 Å². The maximum Gasteiger partial charge on any atom is 0.339 e. The van der Waals surface area contributed by atoms with E-state index in [1.807, 2.05) is 6.07 Å². The molecule has 1 aliphatic carbocycles. The SMILES string of the molecule is O=C(O)[C@@H]1CCCN1C(=O)COc1ccc2c3c(c(=O)oc2c1)CCC3. The molecule has 1 aromatic carbocycles. The molecule has 7 nitrogen and oxygen atoms in total. The number of hydrogen-bond donors (Lipinski definition) is 1. The van der Waals surface area contributed by atoms with Crippen molar-refractivity contribution < 1.29 is 23.8 Å². The van der Waals surface area contributed by atoms with Gasteiger partial charge >= 0.3 is 11.6 Å². The zero-order chi connectivity index (χ0) is 18.3. The van der Waals surface area contributed by atoms with E-state index in [1.165, 1.54) is 4.90 Å². The molecule has 2 aromatic rings. The van der Waals surface area contributed by atoms with Crippen LogP contribution in [-0.2, 0) is 22.4 Å². The molecule has 1 aromatic heterocycles.